The Balaban J connectivity index is 1.35. The summed E-state index contributed by atoms with van der Waals surface area (Å²) in [4.78, 5) is 7.03. The smallest absolute Gasteiger partial charge is 0.0708 e. The normalized spacial score (nSPS) is 11.0. The van der Waals surface area contributed by atoms with E-state index in [2.05, 4.69) is 140 Å². The van der Waals surface area contributed by atoms with E-state index in [0.29, 0.717) is 0 Å². The van der Waals surface area contributed by atoms with Crippen LogP contribution in [-0.2, 0) is 0 Å². The number of rotatable bonds is 5. The van der Waals surface area contributed by atoms with Crippen LogP contribution >= 0.6 is 0 Å². The maximum absolute atomic E-state index is 4.72. The van der Waals surface area contributed by atoms with E-state index in [4.69, 9.17) is 4.98 Å². The quantitative estimate of drug-likeness (QED) is 0.246. The summed E-state index contributed by atoms with van der Waals surface area (Å²) in [5.74, 6) is 0. The summed E-state index contributed by atoms with van der Waals surface area (Å²) in [5, 5.41) is 2.36. The number of nitrogens with zero attached hydrogens (tertiary/aromatic N) is 2. The number of hydrogen-bond donors (Lipinski definition) is 0. The fourth-order valence-electron chi connectivity index (χ4n) is 4.74. The van der Waals surface area contributed by atoms with E-state index in [0.717, 1.165) is 33.7 Å². The molecular formula is C35H28N2. The Labute approximate surface area is 218 Å². The number of anilines is 3. The van der Waals surface area contributed by atoms with Crippen LogP contribution in [0.4, 0.5) is 17.1 Å². The van der Waals surface area contributed by atoms with Gasteiger partial charge < -0.3 is 4.90 Å². The molecule has 0 bridgehead atoms. The van der Waals surface area contributed by atoms with E-state index in [1.807, 2.05) is 12.3 Å². The van der Waals surface area contributed by atoms with E-state index in [1.54, 1.807) is 0 Å². The minimum absolute atomic E-state index is 0.988. The Morgan fingerprint density at radius 1 is 0.459 bits per heavy atom. The SMILES string of the molecule is Cc1ccc(N(c2ccc(C)cc2)c2ccc(-c3cccc(-c4cc5ccccc5cn4)c3)cc2)cc1. The summed E-state index contributed by atoms with van der Waals surface area (Å²) in [6, 6.07) is 45.4. The second kappa shape index (κ2) is 9.75. The first-order chi connectivity index (χ1) is 18.1. The van der Waals surface area contributed by atoms with Crippen molar-refractivity contribution in [2.24, 2.45) is 0 Å². The van der Waals surface area contributed by atoms with E-state index >= 15 is 0 Å². The maximum Gasteiger partial charge on any atom is 0.0708 e. The van der Waals surface area contributed by atoms with Gasteiger partial charge in [0.25, 0.3) is 0 Å². The third kappa shape index (κ3) is 4.74. The minimum Gasteiger partial charge on any atom is -0.311 e. The predicted molar refractivity (Wildman–Crippen MR) is 157 cm³/mol. The van der Waals surface area contributed by atoms with Gasteiger partial charge in [0, 0.05) is 34.2 Å². The van der Waals surface area contributed by atoms with E-state index in [9.17, 15) is 0 Å². The fraction of sp³-hybridized carbons (Fsp3) is 0.0571. The molecule has 2 heteroatoms. The molecule has 0 atom stereocenters. The first kappa shape index (κ1) is 22.8. The molecule has 2 nitrogen and oxygen atoms in total. The van der Waals surface area contributed by atoms with Crippen molar-refractivity contribution >= 4 is 27.8 Å². The number of aromatic nitrogens is 1. The zero-order valence-electron chi connectivity index (χ0n) is 21.1. The van der Waals surface area contributed by atoms with Crippen molar-refractivity contribution < 1.29 is 0 Å². The van der Waals surface area contributed by atoms with Crippen LogP contribution in [0, 0.1) is 13.8 Å². The number of fused-ring (bicyclic) bond motifs is 1. The highest BCUT2D eigenvalue weighted by molar-refractivity contribution is 5.86. The van der Waals surface area contributed by atoms with Gasteiger partial charge in [-0.25, -0.2) is 0 Å². The standard InChI is InChI=1S/C35H28N2/c1-25-10-16-32(17-11-25)37(33-18-12-26(2)13-19-33)34-20-14-27(15-21-34)28-8-5-9-30(22-28)35-23-29-6-3-4-7-31(29)24-36-35/h3-24H,1-2H3. The number of aryl methyl sites for hydroxylation is 2. The predicted octanol–water partition coefficient (Wildman–Crippen LogP) is 9.66. The lowest BCUT2D eigenvalue weighted by molar-refractivity contribution is 1.27. The Bertz CT molecular complexity index is 1620. The van der Waals surface area contributed by atoms with Crippen LogP contribution in [0.15, 0.2) is 134 Å². The number of hydrogen-bond acceptors (Lipinski definition) is 2. The molecule has 0 saturated carbocycles. The van der Waals surface area contributed by atoms with Crippen LogP contribution in [0.1, 0.15) is 11.1 Å². The number of pyridine rings is 1. The lowest BCUT2D eigenvalue weighted by atomic mass is 10.00. The highest BCUT2D eigenvalue weighted by Gasteiger charge is 2.13. The second-order valence-electron chi connectivity index (χ2n) is 9.55. The van der Waals surface area contributed by atoms with Gasteiger partial charge in [-0.05, 0) is 78.9 Å². The average molecular weight is 477 g/mol. The first-order valence-electron chi connectivity index (χ1n) is 12.6. The third-order valence-corrected chi connectivity index (χ3v) is 6.83. The lowest BCUT2D eigenvalue weighted by Crippen LogP contribution is -2.09. The molecule has 0 N–H and O–H groups in total. The molecule has 0 aliphatic carbocycles. The van der Waals surface area contributed by atoms with Gasteiger partial charge >= 0.3 is 0 Å². The molecule has 0 aliphatic rings. The minimum atomic E-state index is 0.988. The Morgan fingerprint density at radius 2 is 1.00 bits per heavy atom. The first-order valence-corrected chi connectivity index (χ1v) is 12.6. The molecule has 0 spiro atoms. The van der Waals surface area contributed by atoms with Crippen molar-refractivity contribution in [3.05, 3.63) is 145 Å². The highest BCUT2D eigenvalue weighted by atomic mass is 15.1. The molecule has 5 aromatic carbocycles. The van der Waals surface area contributed by atoms with Gasteiger partial charge in [0.1, 0.15) is 0 Å². The Kier molecular flexibility index (Phi) is 6.00. The van der Waals surface area contributed by atoms with Crippen LogP contribution in [-0.4, -0.2) is 4.98 Å². The van der Waals surface area contributed by atoms with Gasteiger partial charge in [-0.15, -0.1) is 0 Å². The molecule has 6 aromatic rings. The monoisotopic (exact) mass is 476 g/mol. The van der Waals surface area contributed by atoms with Crippen molar-refractivity contribution in [2.75, 3.05) is 4.90 Å². The molecule has 0 fully saturated rings. The molecule has 37 heavy (non-hydrogen) atoms. The van der Waals surface area contributed by atoms with E-state index in [-0.39, 0.29) is 0 Å². The Hall–Kier alpha value is -4.69. The van der Waals surface area contributed by atoms with Crippen LogP contribution in [0.5, 0.6) is 0 Å². The summed E-state index contributed by atoms with van der Waals surface area (Å²) in [5.41, 5.74) is 10.4. The summed E-state index contributed by atoms with van der Waals surface area (Å²) in [6.07, 6.45) is 1.96. The van der Waals surface area contributed by atoms with E-state index < -0.39 is 0 Å². The van der Waals surface area contributed by atoms with E-state index in [1.165, 1.54) is 27.6 Å². The van der Waals surface area contributed by atoms with Gasteiger partial charge in [0.2, 0.25) is 0 Å². The molecule has 1 aromatic heterocycles. The van der Waals surface area contributed by atoms with Gasteiger partial charge in [0.15, 0.2) is 0 Å². The molecule has 6 rings (SSSR count). The van der Waals surface area contributed by atoms with Crippen molar-refractivity contribution in [3.63, 3.8) is 0 Å². The summed E-state index contributed by atoms with van der Waals surface area (Å²) >= 11 is 0. The van der Waals surface area contributed by atoms with Gasteiger partial charge in [-0.2, -0.15) is 0 Å². The molecule has 0 saturated heterocycles. The summed E-state index contributed by atoms with van der Waals surface area (Å²) in [7, 11) is 0. The molecule has 0 amide bonds. The zero-order chi connectivity index (χ0) is 25.2. The zero-order valence-corrected chi connectivity index (χ0v) is 21.1. The van der Waals surface area contributed by atoms with Crippen molar-refractivity contribution in [1.29, 1.82) is 0 Å². The topological polar surface area (TPSA) is 16.1 Å². The molecule has 0 aliphatic heterocycles. The Morgan fingerprint density at radius 3 is 1.62 bits per heavy atom. The summed E-state index contributed by atoms with van der Waals surface area (Å²) in [6.45, 7) is 4.24. The van der Waals surface area contributed by atoms with Crippen molar-refractivity contribution in [3.8, 4) is 22.4 Å². The molecule has 0 unspecified atom stereocenters. The van der Waals surface area contributed by atoms with Crippen molar-refractivity contribution in [1.82, 2.24) is 4.98 Å². The lowest BCUT2D eigenvalue weighted by Gasteiger charge is -2.26. The third-order valence-electron chi connectivity index (χ3n) is 6.83. The van der Waals surface area contributed by atoms with Crippen LogP contribution < -0.4 is 4.90 Å². The highest BCUT2D eigenvalue weighted by Crippen LogP contribution is 2.36. The average Bonchev–Trinajstić information content (AvgIpc) is 2.95. The molecular weight excluding hydrogens is 448 g/mol. The fourth-order valence-corrected chi connectivity index (χ4v) is 4.74. The summed E-state index contributed by atoms with van der Waals surface area (Å²) < 4.78 is 0. The van der Waals surface area contributed by atoms with Gasteiger partial charge in [-0.3, -0.25) is 4.98 Å². The van der Waals surface area contributed by atoms with Crippen LogP contribution in [0.2, 0.25) is 0 Å². The number of benzene rings is 5. The largest absolute Gasteiger partial charge is 0.311 e. The van der Waals surface area contributed by atoms with Crippen LogP contribution in [0.25, 0.3) is 33.2 Å². The van der Waals surface area contributed by atoms with Crippen molar-refractivity contribution in [2.45, 2.75) is 13.8 Å². The molecule has 1 heterocycles. The van der Waals surface area contributed by atoms with Crippen LogP contribution in [0.3, 0.4) is 0 Å². The molecule has 178 valence electrons. The molecule has 0 radical (unpaired) electrons. The second-order valence-corrected chi connectivity index (χ2v) is 9.55. The van der Waals surface area contributed by atoms with Gasteiger partial charge in [0.05, 0.1) is 5.69 Å². The maximum atomic E-state index is 4.72. The van der Waals surface area contributed by atoms with Gasteiger partial charge in [-0.1, -0.05) is 90.0 Å².